The van der Waals surface area contributed by atoms with Crippen LogP contribution < -0.4 is 5.32 Å². The Bertz CT molecular complexity index is 284. The summed E-state index contributed by atoms with van der Waals surface area (Å²) in [5.74, 6) is 0. The zero-order valence-electron chi connectivity index (χ0n) is 9.01. The molecule has 0 aromatic heterocycles. The fourth-order valence-electron chi connectivity index (χ4n) is 1.55. The van der Waals surface area contributed by atoms with Gasteiger partial charge in [0.1, 0.15) is 0 Å². The van der Waals surface area contributed by atoms with E-state index in [0.717, 1.165) is 13.0 Å². The second-order valence-electron chi connectivity index (χ2n) is 3.65. The monoisotopic (exact) mass is 193 g/mol. The first kappa shape index (κ1) is 11.2. The van der Waals surface area contributed by atoms with Crippen LogP contribution in [0.4, 0.5) is 0 Å². The fraction of sp³-hybridized carbons (Fsp3) is 0.500. The molecule has 0 unspecified atom stereocenters. The summed E-state index contributed by atoms with van der Waals surface area (Å²) >= 11 is 0. The molecule has 78 valence electrons. The Morgan fingerprint density at radius 3 is 2.64 bits per heavy atom. The summed E-state index contributed by atoms with van der Waals surface area (Å²) in [6.07, 6.45) is 1.03. The van der Waals surface area contributed by atoms with E-state index < -0.39 is 0 Å². The largest absolute Gasteiger partial charge is 0.395 e. The Morgan fingerprint density at radius 1 is 1.21 bits per heavy atom. The molecule has 14 heavy (non-hydrogen) atoms. The first-order chi connectivity index (χ1) is 6.74. The highest BCUT2D eigenvalue weighted by molar-refractivity contribution is 5.30. The maximum Gasteiger partial charge on any atom is 0.0555 e. The topological polar surface area (TPSA) is 32.3 Å². The average Bonchev–Trinajstić information content (AvgIpc) is 2.15. The predicted molar refractivity (Wildman–Crippen MR) is 59.6 cm³/mol. The smallest absolute Gasteiger partial charge is 0.0555 e. The van der Waals surface area contributed by atoms with Gasteiger partial charge in [0.05, 0.1) is 6.61 Å². The number of hydrogen-bond acceptors (Lipinski definition) is 2. The van der Waals surface area contributed by atoms with Gasteiger partial charge in [0.25, 0.3) is 0 Å². The van der Waals surface area contributed by atoms with Gasteiger partial charge in [-0.1, -0.05) is 23.8 Å². The van der Waals surface area contributed by atoms with Crippen molar-refractivity contribution in [3.8, 4) is 0 Å². The number of aryl methyl sites for hydroxylation is 2. The Kier molecular flexibility index (Phi) is 4.63. The number of aliphatic hydroxyl groups excluding tert-OH is 1. The summed E-state index contributed by atoms with van der Waals surface area (Å²) in [5, 5.41) is 11.8. The molecule has 2 nitrogen and oxygen atoms in total. The van der Waals surface area contributed by atoms with E-state index in [-0.39, 0.29) is 6.61 Å². The van der Waals surface area contributed by atoms with Gasteiger partial charge >= 0.3 is 0 Å². The minimum Gasteiger partial charge on any atom is -0.395 e. The van der Waals surface area contributed by atoms with E-state index in [9.17, 15) is 0 Å². The second-order valence-corrected chi connectivity index (χ2v) is 3.65. The van der Waals surface area contributed by atoms with Crippen LogP contribution in [0.1, 0.15) is 16.7 Å². The van der Waals surface area contributed by atoms with Crippen molar-refractivity contribution >= 4 is 0 Å². The standard InChI is InChI=1S/C12H19NO/c1-10-3-4-12(11(2)9-10)5-6-13-7-8-14/h3-4,9,13-14H,5-8H2,1-2H3. The summed E-state index contributed by atoms with van der Waals surface area (Å²) in [6.45, 7) is 6.09. The van der Waals surface area contributed by atoms with Gasteiger partial charge in [-0.25, -0.2) is 0 Å². The van der Waals surface area contributed by atoms with Crippen LogP contribution in [0, 0.1) is 13.8 Å². The van der Waals surface area contributed by atoms with Crippen LogP contribution in [0.3, 0.4) is 0 Å². The van der Waals surface area contributed by atoms with Crippen molar-refractivity contribution in [1.82, 2.24) is 5.32 Å². The Balaban J connectivity index is 2.42. The Morgan fingerprint density at radius 2 is 2.00 bits per heavy atom. The molecule has 0 bridgehead atoms. The lowest BCUT2D eigenvalue weighted by Crippen LogP contribution is -2.21. The Labute approximate surface area is 86.0 Å². The van der Waals surface area contributed by atoms with Crippen LogP contribution in [0.25, 0.3) is 0 Å². The van der Waals surface area contributed by atoms with Gasteiger partial charge in [-0.15, -0.1) is 0 Å². The SMILES string of the molecule is Cc1ccc(CCNCCO)c(C)c1. The third-order valence-electron chi connectivity index (χ3n) is 2.36. The molecule has 2 heteroatoms. The van der Waals surface area contributed by atoms with Crippen molar-refractivity contribution in [2.75, 3.05) is 19.7 Å². The van der Waals surface area contributed by atoms with Crippen LogP contribution in [-0.2, 0) is 6.42 Å². The van der Waals surface area contributed by atoms with Gasteiger partial charge in [0, 0.05) is 6.54 Å². The molecule has 1 aromatic carbocycles. The molecular weight excluding hydrogens is 174 g/mol. The van der Waals surface area contributed by atoms with E-state index in [2.05, 4.69) is 37.4 Å². The van der Waals surface area contributed by atoms with E-state index >= 15 is 0 Å². The fourth-order valence-corrected chi connectivity index (χ4v) is 1.55. The maximum absolute atomic E-state index is 8.59. The van der Waals surface area contributed by atoms with Crippen molar-refractivity contribution in [1.29, 1.82) is 0 Å². The number of rotatable bonds is 5. The average molecular weight is 193 g/mol. The van der Waals surface area contributed by atoms with E-state index in [1.165, 1.54) is 16.7 Å². The van der Waals surface area contributed by atoms with Crippen LogP contribution in [-0.4, -0.2) is 24.8 Å². The molecule has 2 N–H and O–H groups in total. The molecule has 0 aliphatic carbocycles. The highest BCUT2D eigenvalue weighted by Gasteiger charge is 1.97. The number of hydrogen-bond donors (Lipinski definition) is 2. The molecule has 0 saturated heterocycles. The van der Waals surface area contributed by atoms with Gasteiger partial charge in [0.15, 0.2) is 0 Å². The van der Waals surface area contributed by atoms with Crippen molar-refractivity contribution < 1.29 is 5.11 Å². The van der Waals surface area contributed by atoms with Crippen molar-refractivity contribution in [2.24, 2.45) is 0 Å². The molecule has 0 atom stereocenters. The summed E-state index contributed by atoms with van der Waals surface area (Å²) < 4.78 is 0. The van der Waals surface area contributed by atoms with E-state index in [1.807, 2.05) is 0 Å². The van der Waals surface area contributed by atoms with Crippen molar-refractivity contribution in [2.45, 2.75) is 20.3 Å². The molecule has 0 radical (unpaired) electrons. The first-order valence-corrected chi connectivity index (χ1v) is 5.11. The Hall–Kier alpha value is -0.860. The third kappa shape index (κ3) is 3.48. The summed E-state index contributed by atoms with van der Waals surface area (Å²) in [5.41, 5.74) is 4.06. The minimum atomic E-state index is 0.215. The van der Waals surface area contributed by atoms with E-state index in [4.69, 9.17) is 5.11 Å². The second kappa shape index (κ2) is 5.78. The zero-order chi connectivity index (χ0) is 10.4. The molecular formula is C12H19NO. The lowest BCUT2D eigenvalue weighted by atomic mass is 10.0. The van der Waals surface area contributed by atoms with Crippen LogP contribution >= 0.6 is 0 Å². The van der Waals surface area contributed by atoms with Crippen LogP contribution in [0.2, 0.25) is 0 Å². The highest BCUT2D eigenvalue weighted by Crippen LogP contribution is 2.10. The van der Waals surface area contributed by atoms with Gasteiger partial charge in [-0.05, 0) is 37.9 Å². The number of aliphatic hydroxyl groups is 1. The van der Waals surface area contributed by atoms with Gasteiger partial charge < -0.3 is 10.4 Å². The van der Waals surface area contributed by atoms with Gasteiger partial charge in [-0.3, -0.25) is 0 Å². The predicted octanol–water partition coefficient (Wildman–Crippen LogP) is 1.43. The maximum atomic E-state index is 8.59. The molecule has 0 fully saturated rings. The molecule has 0 saturated carbocycles. The molecule has 0 aliphatic rings. The minimum absolute atomic E-state index is 0.215. The lowest BCUT2D eigenvalue weighted by Gasteiger charge is -2.07. The molecule has 0 amide bonds. The molecule has 0 heterocycles. The summed E-state index contributed by atoms with van der Waals surface area (Å²) in [4.78, 5) is 0. The summed E-state index contributed by atoms with van der Waals surface area (Å²) in [7, 11) is 0. The number of benzene rings is 1. The lowest BCUT2D eigenvalue weighted by molar-refractivity contribution is 0.293. The quantitative estimate of drug-likeness (QED) is 0.693. The number of nitrogens with one attached hydrogen (secondary N) is 1. The first-order valence-electron chi connectivity index (χ1n) is 5.11. The van der Waals surface area contributed by atoms with E-state index in [0.29, 0.717) is 6.54 Å². The van der Waals surface area contributed by atoms with Crippen molar-refractivity contribution in [3.63, 3.8) is 0 Å². The van der Waals surface area contributed by atoms with Gasteiger partial charge in [0.2, 0.25) is 0 Å². The molecule has 0 aliphatic heterocycles. The van der Waals surface area contributed by atoms with Crippen LogP contribution in [0.5, 0.6) is 0 Å². The molecule has 0 spiro atoms. The van der Waals surface area contributed by atoms with Crippen molar-refractivity contribution in [3.05, 3.63) is 34.9 Å². The zero-order valence-corrected chi connectivity index (χ0v) is 9.01. The molecule has 1 rings (SSSR count). The van der Waals surface area contributed by atoms with E-state index in [1.54, 1.807) is 0 Å². The summed E-state index contributed by atoms with van der Waals surface area (Å²) in [6, 6.07) is 6.54. The molecule has 1 aromatic rings. The third-order valence-corrected chi connectivity index (χ3v) is 2.36. The normalized spacial score (nSPS) is 10.5. The van der Waals surface area contributed by atoms with Crippen LogP contribution in [0.15, 0.2) is 18.2 Å². The highest BCUT2D eigenvalue weighted by atomic mass is 16.3. The van der Waals surface area contributed by atoms with Gasteiger partial charge in [-0.2, -0.15) is 0 Å².